The number of benzene rings is 1. The van der Waals surface area contributed by atoms with E-state index in [1.807, 2.05) is 25.1 Å². The summed E-state index contributed by atoms with van der Waals surface area (Å²) < 4.78 is 6.11. The number of nitrogens with zero attached hydrogens (tertiary/aromatic N) is 2. The molecule has 1 aromatic heterocycles. The maximum Gasteiger partial charge on any atom is 0.224 e. The van der Waals surface area contributed by atoms with Crippen LogP contribution >= 0.6 is 0 Å². The van der Waals surface area contributed by atoms with Crippen molar-refractivity contribution < 1.29 is 9.53 Å². The fourth-order valence-electron chi connectivity index (χ4n) is 9.61. The fraction of sp³-hybridized carbons (Fsp3) is 0.719. The number of para-hydroxylation sites is 1. The smallest absolute Gasteiger partial charge is 0.224 e. The van der Waals surface area contributed by atoms with Crippen LogP contribution < -0.4 is 4.74 Å². The van der Waals surface area contributed by atoms with Crippen LogP contribution in [0.2, 0.25) is 0 Å². The van der Waals surface area contributed by atoms with Crippen LogP contribution in [0.5, 0.6) is 5.88 Å². The second-order valence-electron chi connectivity index (χ2n) is 13.0. The molecule has 0 saturated heterocycles. The fourth-order valence-corrected chi connectivity index (χ4v) is 9.61. The third-order valence-corrected chi connectivity index (χ3v) is 11.5. The number of carbonyl (C=O) groups excluding carboxylic acids is 1. The van der Waals surface area contributed by atoms with Crippen molar-refractivity contribution in [3.63, 3.8) is 0 Å². The molecule has 6 rings (SSSR count). The van der Waals surface area contributed by atoms with Crippen molar-refractivity contribution in [2.75, 3.05) is 6.61 Å². The van der Waals surface area contributed by atoms with Gasteiger partial charge in [0.25, 0.3) is 0 Å². The lowest BCUT2D eigenvalue weighted by Gasteiger charge is -2.60. The summed E-state index contributed by atoms with van der Waals surface area (Å²) in [6.07, 6.45) is 16.3. The van der Waals surface area contributed by atoms with Gasteiger partial charge in [-0.25, -0.2) is 9.97 Å². The molecule has 1 aromatic carbocycles. The lowest BCUT2D eigenvalue weighted by atomic mass is 9.44. The molecule has 0 bridgehead atoms. The topological polar surface area (TPSA) is 52.1 Å². The predicted molar refractivity (Wildman–Crippen MR) is 144 cm³/mol. The average Bonchev–Trinajstić information content (AvgIpc) is 2.90. The molecular formula is C32H44N2O2. The van der Waals surface area contributed by atoms with E-state index in [2.05, 4.69) is 23.8 Å². The second-order valence-corrected chi connectivity index (χ2v) is 13.0. The Morgan fingerprint density at radius 2 is 1.89 bits per heavy atom. The first kappa shape index (κ1) is 24.4. The van der Waals surface area contributed by atoms with Gasteiger partial charge in [0.1, 0.15) is 12.9 Å². The molecular weight excluding hydrogens is 444 g/mol. The van der Waals surface area contributed by atoms with Gasteiger partial charge in [-0.15, -0.1) is 0 Å². The number of carbonyl (C=O) groups is 1. The van der Waals surface area contributed by atoms with Gasteiger partial charge in [-0.1, -0.05) is 45.2 Å². The van der Waals surface area contributed by atoms with E-state index in [1.165, 1.54) is 64.2 Å². The largest absolute Gasteiger partial charge is 0.469 e. The molecule has 194 valence electrons. The lowest BCUT2D eigenvalue weighted by Crippen LogP contribution is -2.54. The summed E-state index contributed by atoms with van der Waals surface area (Å²) in [5.74, 6) is 6.35. The summed E-state index contributed by atoms with van der Waals surface area (Å²) in [7, 11) is 0. The van der Waals surface area contributed by atoms with E-state index in [9.17, 15) is 4.79 Å². The number of hydrogen-bond donors (Lipinski definition) is 0. The molecule has 4 nitrogen and oxygen atoms in total. The van der Waals surface area contributed by atoms with Crippen LogP contribution in [0.1, 0.15) is 90.0 Å². The first-order chi connectivity index (χ1) is 17.5. The van der Waals surface area contributed by atoms with Crippen molar-refractivity contribution in [3.8, 4) is 5.88 Å². The van der Waals surface area contributed by atoms with Crippen LogP contribution in [0.3, 0.4) is 0 Å². The van der Waals surface area contributed by atoms with Gasteiger partial charge in [-0.2, -0.15) is 0 Å². The van der Waals surface area contributed by atoms with Crippen LogP contribution in [0.25, 0.3) is 10.9 Å². The molecule has 0 N–H and O–H groups in total. The van der Waals surface area contributed by atoms with E-state index in [0.717, 1.165) is 52.5 Å². The SMILES string of the molecule is CC[C@H]1CC[C@@H]2C3CC[C@@]4(C)C(CCC[C@@H]4C(=O)COc4ncnc5c(C)cccc45)[C@@H]3CC[C@@H]2C1. The molecule has 0 radical (unpaired) electrons. The van der Waals surface area contributed by atoms with Crippen molar-refractivity contribution >= 4 is 16.7 Å². The van der Waals surface area contributed by atoms with Gasteiger partial charge in [-0.3, -0.25) is 4.79 Å². The number of Topliss-reactive ketones (excluding diaryl/α,β-unsaturated/α-hetero) is 1. The molecule has 8 atom stereocenters. The molecule has 4 saturated carbocycles. The van der Waals surface area contributed by atoms with Crippen LogP contribution in [0.15, 0.2) is 24.5 Å². The van der Waals surface area contributed by atoms with Crippen molar-refractivity contribution in [1.29, 1.82) is 0 Å². The first-order valence-corrected chi connectivity index (χ1v) is 14.9. The van der Waals surface area contributed by atoms with Crippen molar-refractivity contribution in [3.05, 3.63) is 30.1 Å². The lowest BCUT2D eigenvalue weighted by molar-refractivity contribution is -0.146. The Balaban J connectivity index is 1.17. The summed E-state index contributed by atoms with van der Waals surface area (Å²) >= 11 is 0. The Labute approximate surface area is 217 Å². The number of hydrogen-bond acceptors (Lipinski definition) is 4. The Morgan fingerprint density at radius 1 is 1.03 bits per heavy atom. The molecule has 4 heteroatoms. The van der Waals surface area contributed by atoms with Crippen molar-refractivity contribution in [1.82, 2.24) is 9.97 Å². The summed E-state index contributed by atoms with van der Waals surface area (Å²) in [4.78, 5) is 22.5. The minimum atomic E-state index is 0.126. The number of aromatic nitrogens is 2. The number of ether oxygens (including phenoxy) is 1. The van der Waals surface area contributed by atoms with E-state index >= 15 is 0 Å². The molecule has 2 unspecified atom stereocenters. The standard InChI is InChI=1S/C32H44N2O2/c1-4-21-11-13-23-22(17-21)12-14-25-24(23)15-16-32(3)27(25)9-6-10-28(32)29(35)18-36-31-26-8-5-7-20(2)30(26)33-19-34-31/h5,7-8,19,21-25,27-28H,4,6,9-18H2,1-3H3/t21-,22+,23-,24?,25+,27?,28+,32-/m0/s1. The Hall–Kier alpha value is -1.97. The van der Waals surface area contributed by atoms with Gasteiger partial charge in [0.05, 0.1) is 10.9 Å². The third-order valence-electron chi connectivity index (χ3n) is 11.5. The van der Waals surface area contributed by atoms with Crippen LogP contribution in [-0.4, -0.2) is 22.4 Å². The highest BCUT2D eigenvalue weighted by atomic mass is 16.5. The molecule has 0 amide bonds. The minimum absolute atomic E-state index is 0.126. The number of ketones is 1. The van der Waals surface area contributed by atoms with Gasteiger partial charge in [0, 0.05) is 5.92 Å². The molecule has 2 aromatic rings. The molecule has 36 heavy (non-hydrogen) atoms. The van der Waals surface area contributed by atoms with Crippen LogP contribution in [0.4, 0.5) is 0 Å². The van der Waals surface area contributed by atoms with E-state index in [0.29, 0.717) is 11.8 Å². The van der Waals surface area contributed by atoms with E-state index in [1.54, 1.807) is 6.33 Å². The highest BCUT2D eigenvalue weighted by Gasteiger charge is 2.56. The van der Waals surface area contributed by atoms with Gasteiger partial charge >= 0.3 is 0 Å². The Bertz CT molecular complexity index is 1110. The zero-order valence-electron chi connectivity index (χ0n) is 22.5. The first-order valence-electron chi connectivity index (χ1n) is 14.9. The van der Waals surface area contributed by atoms with E-state index in [4.69, 9.17) is 4.74 Å². The summed E-state index contributed by atoms with van der Waals surface area (Å²) in [5, 5.41) is 0.896. The van der Waals surface area contributed by atoms with Crippen LogP contribution in [0, 0.1) is 53.8 Å². The molecule has 0 aliphatic heterocycles. The average molecular weight is 489 g/mol. The summed E-state index contributed by atoms with van der Waals surface area (Å²) in [6.45, 7) is 7.04. The predicted octanol–water partition coefficient (Wildman–Crippen LogP) is 7.57. The maximum atomic E-state index is 13.7. The van der Waals surface area contributed by atoms with Gasteiger partial charge < -0.3 is 4.74 Å². The molecule has 4 fully saturated rings. The highest BCUT2D eigenvalue weighted by Crippen LogP contribution is 2.63. The zero-order valence-corrected chi connectivity index (χ0v) is 22.5. The third kappa shape index (κ3) is 4.07. The molecule has 4 aliphatic carbocycles. The van der Waals surface area contributed by atoms with Gasteiger partial charge in [0.15, 0.2) is 5.78 Å². The molecule has 4 aliphatic rings. The van der Waals surface area contributed by atoms with Crippen LogP contribution in [-0.2, 0) is 4.79 Å². The quantitative estimate of drug-likeness (QED) is 0.435. The Morgan fingerprint density at radius 3 is 2.75 bits per heavy atom. The van der Waals surface area contributed by atoms with Crippen molar-refractivity contribution in [2.45, 2.75) is 91.4 Å². The van der Waals surface area contributed by atoms with Gasteiger partial charge in [0.2, 0.25) is 5.88 Å². The van der Waals surface area contributed by atoms with E-state index in [-0.39, 0.29) is 23.7 Å². The summed E-state index contributed by atoms with van der Waals surface area (Å²) in [6, 6.07) is 6.04. The molecule has 0 spiro atoms. The number of aryl methyl sites for hydroxylation is 1. The number of fused-ring (bicyclic) bond motifs is 6. The second kappa shape index (κ2) is 9.72. The summed E-state index contributed by atoms with van der Waals surface area (Å²) in [5.41, 5.74) is 2.14. The van der Waals surface area contributed by atoms with E-state index < -0.39 is 0 Å². The maximum absolute atomic E-state index is 13.7. The highest BCUT2D eigenvalue weighted by molar-refractivity contribution is 5.87. The van der Waals surface area contributed by atoms with Crippen molar-refractivity contribution in [2.24, 2.45) is 46.8 Å². The number of rotatable bonds is 5. The molecule has 1 heterocycles. The minimum Gasteiger partial charge on any atom is -0.469 e. The normalized spacial score (nSPS) is 38.0. The Kier molecular flexibility index (Phi) is 6.58. The monoisotopic (exact) mass is 488 g/mol. The van der Waals surface area contributed by atoms with Gasteiger partial charge in [-0.05, 0) is 111 Å². The zero-order chi connectivity index (χ0) is 24.9.